The lowest BCUT2D eigenvalue weighted by Crippen LogP contribution is -2.45. The molecule has 5 heterocycles. The first kappa shape index (κ1) is 23.2. The number of ether oxygens (including phenoxy) is 1. The molecule has 1 atom stereocenters. The largest absolute Gasteiger partial charge is 0.495 e. The number of alkyl halides is 1. The van der Waals surface area contributed by atoms with Gasteiger partial charge in [-0.3, -0.25) is 4.79 Å². The normalized spacial score (nSPS) is 14.5. The van der Waals surface area contributed by atoms with Gasteiger partial charge >= 0.3 is 0 Å². The summed E-state index contributed by atoms with van der Waals surface area (Å²) in [7, 11) is 3.56. The molecule has 0 saturated carbocycles. The summed E-state index contributed by atoms with van der Waals surface area (Å²) < 4.78 is 28.0. The van der Waals surface area contributed by atoms with E-state index in [1.54, 1.807) is 24.3 Å². The number of fused-ring (bicyclic) bond motifs is 3. The number of hydrogen-bond acceptors (Lipinski definition) is 7. The van der Waals surface area contributed by atoms with E-state index in [1.165, 1.54) is 0 Å². The first-order valence-corrected chi connectivity index (χ1v) is 12.0. The molecule has 0 aliphatic carbocycles. The second-order valence-electron chi connectivity index (χ2n) is 9.23. The van der Waals surface area contributed by atoms with Crippen molar-refractivity contribution in [1.82, 2.24) is 29.2 Å². The number of methoxy groups -OCH3 is 1. The van der Waals surface area contributed by atoms with E-state index >= 15 is 0 Å². The Hall–Kier alpha value is -4.25. The molecule has 0 radical (unpaired) electrons. The van der Waals surface area contributed by atoms with Crippen LogP contribution in [0.1, 0.15) is 21.8 Å². The van der Waals surface area contributed by atoms with Gasteiger partial charge in [-0.1, -0.05) is 17.3 Å². The number of aryl methyl sites for hydroxylation is 1. The smallest absolute Gasteiger partial charge is 0.255 e. The van der Waals surface area contributed by atoms with E-state index in [9.17, 15) is 9.18 Å². The van der Waals surface area contributed by atoms with Crippen molar-refractivity contribution in [3.8, 4) is 17.3 Å². The van der Waals surface area contributed by atoms with Gasteiger partial charge in [0.15, 0.2) is 17.2 Å². The molecule has 5 aromatic rings. The second-order valence-corrected chi connectivity index (χ2v) is 9.23. The molecule has 1 aliphatic heterocycles. The highest BCUT2D eigenvalue weighted by Crippen LogP contribution is 2.35. The number of imidazole rings is 1. The lowest BCUT2D eigenvalue weighted by molar-refractivity contribution is 0.0723. The van der Waals surface area contributed by atoms with Crippen LogP contribution in [0.2, 0.25) is 0 Å². The van der Waals surface area contributed by atoms with Crippen LogP contribution in [-0.2, 0) is 20.0 Å². The van der Waals surface area contributed by atoms with E-state index in [2.05, 4.69) is 15.8 Å². The van der Waals surface area contributed by atoms with Crippen molar-refractivity contribution in [3.63, 3.8) is 0 Å². The number of benzene rings is 1. The van der Waals surface area contributed by atoms with Crippen LogP contribution < -0.4 is 10.5 Å². The monoisotopic (exact) mass is 503 g/mol. The maximum atomic E-state index is 13.1. The number of para-hydroxylation sites is 1. The number of carbonyl (C=O) groups is 1. The summed E-state index contributed by atoms with van der Waals surface area (Å²) >= 11 is 0. The van der Waals surface area contributed by atoms with Crippen LogP contribution in [0.5, 0.6) is 5.75 Å². The molecule has 1 aliphatic rings. The van der Waals surface area contributed by atoms with Gasteiger partial charge in [0, 0.05) is 38.0 Å². The predicted octanol–water partition coefficient (Wildman–Crippen LogP) is 2.93. The molecule has 2 N–H and O–H groups in total. The fraction of sp³-hybridized carbons (Fsp3) is 0.308. The number of hydrogen-bond donors (Lipinski definition) is 1. The summed E-state index contributed by atoms with van der Waals surface area (Å²) in [5.74, 6) is 1.91. The molecule has 11 heteroatoms. The lowest BCUT2D eigenvalue weighted by Gasteiger charge is -2.29. The third-order valence-electron chi connectivity index (χ3n) is 6.85. The van der Waals surface area contributed by atoms with Gasteiger partial charge in [-0.15, -0.1) is 0 Å². The number of nitrogens with two attached hydrogens (primary N) is 1. The molecule has 190 valence electrons. The van der Waals surface area contributed by atoms with Crippen molar-refractivity contribution in [3.05, 3.63) is 59.6 Å². The summed E-state index contributed by atoms with van der Waals surface area (Å²) in [4.78, 5) is 24.4. The quantitative estimate of drug-likeness (QED) is 0.363. The number of amides is 1. The third kappa shape index (κ3) is 3.82. The van der Waals surface area contributed by atoms with Gasteiger partial charge in [0.25, 0.3) is 5.91 Å². The first-order valence-electron chi connectivity index (χ1n) is 12.0. The Morgan fingerprint density at radius 3 is 2.86 bits per heavy atom. The summed E-state index contributed by atoms with van der Waals surface area (Å²) in [6.07, 6.45) is 2.18. The molecule has 0 fully saturated rings. The minimum atomic E-state index is -0.702. The molecule has 0 unspecified atom stereocenters. The Labute approximate surface area is 211 Å². The Morgan fingerprint density at radius 1 is 1.24 bits per heavy atom. The summed E-state index contributed by atoms with van der Waals surface area (Å²) in [5, 5.41) is 4.83. The zero-order chi connectivity index (χ0) is 25.7. The highest BCUT2D eigenvalue weighted by atomic mass is 19.1. The van der Waals surface area contributed by atoms with Gasteiger partial charge in [-0.2, -0.15) is 0 Å². The SMILES string of the molecule is COc1cccc2cc(-c3nc4cc5c(nc4n3C)CCN(C[C@H](N)CF)C5=O)n(Cc3ccno3)c12. The second kappa shape index (κ2) is 9.00. The topological polar surface area (TPSA) is 117 Å². The van der Waals surface area contributed by atoms with Gasteiger partial charge in [-0.05, 0) is 18.2 Å². The van der Waals surface area contributed by atoms with Crippen LogP contribution in [0.15, 0.2) is 47.1 Å². The van der Waals surface area contributed by atoms with Gasteiger partial charge in [0.2, 0.25) is 0 Å². The summed E-state index contributed by atoms with van der Waals surface area (Å²) in [5.41, 5.74) is 9.98. The average Bonchev–Trinajstić information content (AvgIpc) is 3.63. The maximum Gasteiger partial charge on any atom is 0.255 e. The van der Waals surface area contributed by atoms with Gasteiger partial charge in [-0.25, -0.2) is 14.4 Å². The molecule has 37 heavy (non-hydrogen) atoms. The number of carbonyl (C=O) groups excluding carboxylic acids is 1. The Kier molecular flexibility index (Phi) is 5.64. The molecule has 0 spiro atoms. The molecule has 1 aromatic carbocycles. The van der Waals surface area contributed by atoms with Crippen LogP contribution >= 0.6 is 0 Å². The fourth-order valence-electron chi connectivity index (χ4n) is 5.06. The van der Waals surface area contributed by atoms with Crippen molar-refractivity contribution in [2.24, 2.45) is 12.8 Å². The van der Waals surface area contributed by atoms with Crippen LogP contribution in [0.3, 0.4) is 0 Å². The molecule has 4 aromatic heterocycles. The number of rotatable bonds is 7. The zero-order valence-electron chi connectivity index (χ0n) is 20.5. The van der Waals surface area contributed by atoms with E-state index in [1.807, 2.05) is 35.9 Å². The van der Waals surface area contributed by atoms with Crippen LogP contribution in [0.4, 0.5) is 4.39 Å². The van der Waals surface area contributed by atoms with E-state index in [-0.39, 0.29) is 12.5 Å². The summed E-state index contributed by atoms with van der Waals surface area (Å²) in [6, 6.07) is 10.8. The van der Waals surface area contributed by atoms with Crippen molar-refractivity contribution in [2.45, 2.75) is 19.0 Å². The molecule has 6 rings (SSSR count). The van der Waals surface area contributed by atoms with E-state index < -0.39 is 12.7 Å². The Balaban J connectivity index is 1.49. The van der Waals surface area contributed by atoms with Crippen molar-refractivity contribution in [2.75, 3.05) is 26.9 Å². The van der Waals surface area contributed by atoms with E-state index in [0.29, 0.717) is 53.5 Å². The molecular weight excluding hydrogens is 477 g/mol. The van der Waals surface area contributed by atoms with E-state index in [0.717, 1.165) is 22.3 Å². The van der Waals surface area contributed by atoms with Crippen molar-refractivity contribution >= 4 is 28.0 Å². The predicted molar refractivity (Wildman–Crippen MR) is 135 cm³/mol. The molecule has 10 nitrogen and oxygen atoms in total. The summed E-state index contributed by atoms with van der Waals surface area (Å²) in [6.45, 7) is 0.372. The maximum absolute atomic E-state index is 13.1. The number of halogens is 1. The van der Waals surface area contributed by atoms with Gasteiger partial charge in [0.05, 0.1) is 48.4 Å². The van der Waals surface area contributed by atoms with Crippen molar-refractivity contribution in [1.29, 1.82) is 0 Å². The van der Waals surface area contributed by atoms with Gasteiger partial charge < -0.3 is 29.0 Å². The van der Waals surface area contributed by atoms with Crippen LogP contribution in [0.25, 0.3) is 33.6 Å². The highest BCUT2D eigenvalue weighted by Gasteiger charge is 2.29. The third-order valence-corrected chi connectivity index (χ3v) is 6.85. The van der Waals surface area contributed by atoms with E-state index in [4.69, 9.17) is 25.0 Å². The van der Waals surface area contributed by atoms with Gasteiger partial charge in [0.1, 0.15) is 17.9 Å². The lowest BCUT2D eigenvalue weighted by atomic mass is 10.0. The van der Waals surface area contributed by atoms with Crippen LogP contribution in [-0.4, -0.2) is 68.0 Å². The zero-order valence-corrected chi connectivity index (χ0v) is 20.5. The number of aromatic nitrogens is 5. The van der Waals surface area contributed by atoms with Crippen LogP contribution in [0, 0.1) is 0 Å². The molecular formula is C26H26FN7O3. The minimum Gasteiger partial charge on any atom is -0.495 e. The Bertz CT molecular complexity index is 1620. The van der Waals surface area contributed by atoms with Crippen molar-refractivity contribution < 1.29 is 18.4 Å². The standard InChI is InChI=1S/C26H26FN7O3/c1-32-24-20(11-18-19(30-24)7-9-33(26(18)35)13-16(28)12-27)31-25(32)21-10-15-4-3-5-22(36-2)23(15)34(21)14-17-6-8-29-37-17/h3-6,8,10-11,16H,7,9,12-14,28H2,1-2H3/t16-/m1/s1. The number of pyridine rings is 1. The average molecular weight is 504 g/mol. The minimum absolute atomic E-state index is 0.170. The Morgan fingerprint density at radius 2 is 2.11 bits per heavy atom. The molecule has 0 bridgehead atoms. The number of nitrogens with zero attached hydrogens (tertiary/aromatic N) is 6. The first-order chi connectivity index (χ1) is 18.0. The molecule has 1 amide bonds. The highest BCUT2D eigenvalue weighted by molar-refractivity contribution is 5.99. The fourth-order valence-corrected chi connectivity index (χ4v) is 5.06. The molecule has 0 saturated heterocycles.